The minimum Gasteiger partial charge on any atom is -0.356 e. The molecule has 1 aromatic rings. The van der Waals surface area contributed by atoms with Crippen LogP contribution in [0.5, 0.6) is 0 Å². The number of hydrogen-bond donors (Lipinski definition) is 1. The van der Waals surface area contributed by atoms with Crippen molar-refractivity contribution in [2.75, 3.05) is 32.8 Å². The molecule has 6 nitrogen and oxygen atoms in total. The van der Waals surface area contributed by atoms with E-state index in [2.05, 4.69) is 5.32 Å². The number of morpholine rings is 1. The van der Waals surface area contributed by atoms with Crippen molar-refractivity contribution in [1.29, 1.82) is 0 Å². The van der Waals surface area contributed by atoms with Gasteiger partial charge in [-0.3, -0.25) is 9.59 Å². The highest BCUT2D eigenvalue weighted by atomic mass is 16.5. The Morgan fingerprint density at radius 3 is 2.68 bits per heavy atom. The van der Waals surface area contributed by atoms with Crippen LogP contribution in [0.4, 0.5) is 0 Å². The van der Waals surface area contributed by atoms with Gasteiger partial charge in [0.2, 0.25) is 5.91 Å². The van der Waals surface area contributed by atoms with E-state index in [-0.39, 0.29) is 30.5 Å². The van der Waals surface area contributed by atoms with E-state index < -0.39 is 6.10 Å². The Balaban J connectivity index is 1.92. The lowest BCUT2D eigenvalue weighted by Crippen LogP contribution is -2.57. The van der Waals surface area contributed by atoms with E-state index in [0.717, 1.165) is 31.6 Å². The number of ether oxygens (including phenoxy) is 1. The Kier molecular flexibility index (Phi) is 5.71. The van der Waals surface area contributed by atoms with Crippen LogP contribution in [0.1, 0.15) is 31.9 Å². The van der Waals surface area contributed by atoms with Crippen molar-refractivity contribution in [2.24, 2.45) is 0 Å². The summed E-state index contributed by atoms with van der Waals surface area (Å²) in [6, 6.07) is 9.35. The summed E-state index contributed by atoms with van der Waals surface area (Å²) in [6.07, 6.45) is 0.280. The number of nitrogens with zero attached hydrogens (tertiary/aromatic N) is 2. The first-order valence-electron chi connectivity index (χ1n) is 9.07. The van der Waals surface area contributed by atoms with Gasteiger partial charge in [0, 0.05) is 25.7 Å². The zero-order chi connectivity index (χ0) is 17.8. The fourth-order valence-electron chi connectivity index (χ4n) is 3.67. The number of hydrogen-bond acceptors (Lipinski definition) is 4. The first-order valence-corrected chi connectivity index (χ1v) is 9.07. The molecule has 2 aliphatic rings. The molecule has 25 heavy (non-hydrogen) atoms. The molecule has 1 aromatic carbocycles. The molecule has 0 bridgehead atoms. The Morgan fingerprint density at radius 1 is 1.20 bits per heavy atom. The zero-order valence-electron chi connectivity index (χ0n) is 15.0. The van der Waals surface area contributed by atoms with Gasteiger partial charge < -0.3 is 19.9 Å². The lowest BCUT2D eigenvalue weighted by atomic mass is 9.95. The fraction of sp³-hybridized carbons (Fsp3) is 0.579. The highest BCUT2D eigenvalue weighted by Crippen LogP contribution is 2.33. The molecule has 3 rings (SSSR count). The molecular weight excluding hydrogens is 318 g/mol. The van der Waals surface area contributed by atoms with Gasteiger partial charge in [-0.05, 0) is 32.4 Å². The molecule has 2 amide bonds. The zero-order valence-corrected chi connectivity index (χ0v) is 15.0. The molecule has 0 saturated carbocycles. The van der Waals surface area contributed by atoms with E-state index in [1.54, 1.807) is 4.90 Å². The van der Waals surface area contributed by atoms with E-state index in [1.165, 1.54) is 0 Å². The van der Waals surface area contributed by atoms with E-state index in [1.807, 2.05) is 49.1 Å². The van der Waals surface area contributed by atoms with Crippen LogP contribution in [0.15, 0.2) is 30.3 Å². The van der Waals surface area contributed by atoms with Crippen molar-refractivity contribution < 1.29 is 14.3 Å². The lowest BCUT2D eigenvalue weighted by molar-refractivity contribution is -0.171. The smallest absolute Gasteiger partial charge is 0.254 e. The molecule has 0 aromatic heterocycles. The summed E-state index contributed by atoms with van der Waals surface area (Å²) < 4.78 is 5.79. The SMILES string of the molecule is CC(C)N1C(=O)CO[C@H](C(=O)N2CCCNCC2)[C@H]1c1ccccc1. The number of rotatable bonds is 3. The number of nitrogens with one attached hydrogen (secondary N) is 1. The summed E-state index contributed by atoms with van der Waals surface area (Å²) in [7, 11) is 0. The summed E-state index contributed by atoms with van der Waals surface area (Å²) in [4.78, 5) is 29.4. The fourth-order valence-corrected chi connectivity index (χ4v) is 3.67. The molecule has 2 fully saturated rings. The molecule has 2 aliphatic heterocycles. The van der Waals surface area contributed by atoms with Crippen molar-refractivity contribution in [2.45, 2.75) is 38.5 Å². The number of carbonyl (C=O) groups is 2. The van der Waals surface area contributed by atoms with E-state index in [0.29, 0.717) is 6.54 Å². The van der Waals surface area contributed by atoms with Gasteiger partial charge in [-0.2, -0.15) is 0 Å². The van der Waals surface area contributed by atoms with Crippen molar-refractivity contribution >= 4 is 11.8 Å². The number of benzene rings is 1. The molecule has 0 radical (unpaired) electrons. The predicted octanol–water partition coefficient (Wildman–Crippen LogP) is 1.19. The molecule has 2 atom stereocenters. The van der Waals surface area contributed by atoms with E-state index in [4.69, 9.17) is 4.74 Å². The predicted molar refractivity (Wildman–Crippen MR) is 95.0 cm³/mol. The highest BCUT2D eigenvalue weighted by molar-refractivity contribution is 5.86. The molecule has 2 saturated heterocycles. The largest absolute Gasteiger partial charge is 0.356 e. The molecule has 136 valence electrons. The number of carbonyl (C=O) groups excluding carboxylic acids is 2. The molecule has 6 heteroatoms. The maximum absolute atomic E-state index is 13.2. The van der Waals surface area contributed by atoms with Gasteiger partial charge >= 0.3 is 0 Å². The van der Waals surface area contributed by atoms with Gasteiger partial charge in [-0.15, -0.1) is 0 Å². The highest BCUT2D eigenvalue weighted by Gasteiger charge is 2.44. The third-order valence-electron chi connectivity index (χ3n) is 4.85. The number of amides is 2. The Bertz CT molecular complexity index is 597. The molecular formula is C19H27N3O3. The van der Waals surface area contributed by atoms with Crippen LogP contribution in [0, 0.1) is 0 Å². The second-order valence-corrected chi connectivity index (χ2v) is 6.91. The standard InChI is InChI=1S/C19H27N3O3/c1-14(2)22-16(23)13-25-18(17(22)15-7-4-3-5-8-15)19(24)21-11-6-9-20-10-12-21/h3-5,7-8,14,17-18,20H,6,9-13H2,1-2H3/t17-,18+/m1/s1. The van der Waals surface area contributed by atoms with Gasteiger partial charge in [0.1, 0.15) is 6.61 Å². The Labute approximate surface area is 149 Å². The van der Waals surface area contributed by atoms with Crippen molar-refractivity contribution in [3.8, 4) is 0 Å². The lowest BCUT2D eigenvalue weighted by Gasteiger charge is -2.44. The Hall–Kier alpha value is -1.92. The minimum atomic E-state index is -0.652. The van der Waals surface area contributed by atoms with Crippen molar-refractivity contribution in [3.05, 3.63) is 35.9 Å². The van der Waals surface area contributed by atoms with Crippen molar-refractivity contribution in [3.63, 3.8) is 0 Å². The van der Waals surface area contributed by atoms with Gasteiger partial charge in [-0.25, -0.2) is 0 Å². The molecule has 1 N–H and O–H groups in total. The van der Waals surface area contributed by atoms with Crippen LogP contribution >= 0.6 is 0 Å². The van der Waals surface area contributed by atoms with Gasteiger partial charge in [0.25, 0.3) is 5.91 Å². The summed E-state index contributed by atoms with van der Waals surface area (Å²) in [5.41, 5.74) is 0.940. The molecule has 2 heterocycles. The van der Waals surface area contributed by atoms with E-state index >= 15 is 0 Å². The third-order valence-corrected chi connectivity index (χ3v) is 4.85. The van der Waals surface area contributed by atoms with Crippen LogP contribution in [0.2, 0.25) is 0 Å². The van der Waals surface area contributed by atoms with Crippen molar-refractivity contribution in [1.82, 2.24) is 15.1 Å². The summed E-state index contributed by atoms with van der Waals surface area (Å²) >= 11 is 0. The maximum atomic E-state index is 13.2. The first kappa shape index (κ1) is 17.9. The van der Waals surface area contributed by atoms with Crippen LogP contribution in [-0.2, 0) is 14.3 Å². The second-order valence-electron chi connectivity index (χ2n) is 6.91. The van der Waals surface area contributed by atoms with E-state index in [9.17, 15) is 9.59 Å². The summed E-state index contributed by atoms with van der Waals surface area (Å²) in [5.74, 6) is -0.0823. The van der Waals surface area contributed by atoms with Gasteiger partial charge in [-0.1, -0.05) is 30.3 Å². The van der Waals surface area contributed by atoms with Gasteiger partial charge in [0.15, 0.2) is 6.10 Å². The third kappa shape index (κ3) is 3.85. The van der Waals surface area contributed by atoms with Crippen LogP contribution in [0.25, 0.3) is 0 Å². The summed E-state index contributed by atoms with van der Waals surface area (Å²) in [5, 5.41) is 3.31. The Morgan fingerprint density at radius 2 is 1.96 bits per heavy atom. The molecule has 0 aliphatic carbocycles. The maximum Gasteiger partial charge on any atom is 0.254 e. The quantitative estimate of drug-likeness (QED) is 0.894. The summed E-state index contributed by atoms with van der Waals surface area (Å²) in [6.45, 7) is 7.05. The average molecular weight is 345 g/mol. The first-order chi connectivity index (χ1) is 12.1. The van der Waals surface area contributed by atoms with Crippen LogP contribution in [0.3, 0.4) is 0 Å². The molecule has 0 spiro atoms. The topological polar surface area (TPSA) is 61.9 Å². The monoisotopic (exact) mass is 345 g/mol. The van der Waals surface area contributed by atoms with Crippen LogP contribution < -0.4 is 5.32 Å². The minimum absolute atomic E-state index is 0.00251. The van der Waals surface area contributed by atoms with Gasteiger partial charge in [0.05, 0.1) is 6.04 Å². The molecule has 0 unspecified atom stereocenters. The van der Waals surface area contributed by atoms with Crippen LogP contribution in [-0.4, -0.2) is 66.5 Å². The normalized spacial score (nSPS) is 25.2. The average Bonchev–Trinajstić information content (AvgIpc) is 2.90. The second kappa shape index (κ2) is 7.97.